The SMILES string of the molecule is [C-]#[N+]C(C)c1ccc(SC(F)F)cc1. The molecule has 4 heteroatoms. The van der Waals surface area contributed by atoms with Crippen molar-refractivity contribution in [2.75, 3.05) is 0 Å². The van der Waals surface area contributed by atoms with Gasteiger partial charge in [0, 0.05) is 17.4 Å². The Morgan fingerprint density at radius 3 is 2.29 bits per heavy atom. The van der Waals surface area contributed by atoms with E-state index < -0.39 is 5.76 Å². The van der Waals surface area contributed by atoms with Crippen LogP contribution in [0.4, 0.5) is 8.78 Å². The predicted molar refractivity (Wildman–Crippen MR) is 53.3 cm³/mol. The molecule has 0 amide bonds. The smallest absolute Gasteiger partial charge is 0.288 e. The van der Waals surface area contributed by atoms with E-state index in [1.54, 1.807) is 31.2 Å². The van der Waals surface area contributed by atoms with Gasteiger partial charge in [0.25, 0.3) is 5.76 Å². The van der Waals surface area contributed by atoms with E-state index in [4.69, 9.17) is 6.57 Å². The lowest BCUT2D eigenvalue weighted by molar-refractivity contribution is 0.252. The van der Waals surface area contributed by atoms with Gasteiger partial charge in [-0.15, -0.1) is 0 Å². The maximum Gasteiger partial charge on any atom is 0.288 e. The van der Waals surface area contributed by atoms with Gasteiger partial charge in [-0.25, -0.2) is 6.57 Å². The summed E-state index contributed by atoms with van der Waals surface area (Å²) in [5.74, 6) is -2.39. The highest BCUT2D eigenvalue weighted by Crippen LogP contribution is 2.26. The summed E-state index contributed by atoms with van der Waals surface area (Å²) in [7, 11) is 0. The average Bonchev–Trinajstić information content (AvgIpc) is 2.17. The van der Waals surface area contributed by atoms with Crippen LogP contribution >= 0.6 is 11.8 Å². The number of thioether (sulfide) groups is 1. The van der Waals surface area contributed by atoms with Crippen LogP contribution in [-0.2, 0) is 0 Å². The Hall–Kier alpha value is -1.08. The fraction of sp³-hybridized carbons (Fsp3) is 0.300. The normalized spacial score (nSPS) is 12.5. The molecule has 1 atom stereocenters. The van der Waals surface area contributed by atoms with E-state index in [-0.39, 0.29) is 6.04 Å². The van der Waals surface area contributed by atoms with Gasteiger partial charge in [-0.2, -0.15) is 8.78 Å². The van der Waals surface area contributed by atoms with Crippen LogP contribution < -0.4 is 0 Å². The highest BCUT2D eigenvalue weighted by atomic mass is 32.2. The Balaban J connectivity index is 2.74. The molecule has 1 aromatic rings. The Morgan fingerprint density at radius 2 is 1.86 bits per heavy atom. The van der Waals surface area contributed by atoms with E-state index in [1.807, 2.05) is 0 Å². The highest BCUT2D eigenvalue weighted by molar-refractivity contribution is 7.99. The Bertz CT molecular complexity index is 329. The standard InChI is InChI=1S/C10H9F2NS/c1-7(13-2)8-3-5-9(6-4-8)14-10(11)12/h3-7,10H,1H3. The van der Waals surface area contributed by atoms with E-state index in [2.05, 4.69) is 4.85 Å². The third-order valence-corrected chi connectivity index (χ3v) is 2.50. The van der Waals surface area contributed by atoms with Crippen molar-refractivity contribution >= 4 is 11.8 Å². The molecule has 0 aliphatic rings. The first kappa shape index (κ1) is 11.0. The zero-order valence-electron chi connectivity index (χ0n) is 7.58. The summed E-state index contributed by atoms with van der Waals surface area (Å²) >= 11 is 0.516. The van der Waals surface area contributed by atoms with Gasteiger partial charge >= 0.3 is 0 Å². The first-order valence-corrected chi connectivity index (χ1v) is 4.93. The summed E-state index contributed by atoms with van der Waals surface area (Å²) < 4.78 is 23.9. The number of hydrogen-bond donors (Lipinski definition) is 0. The van der Waals surface area contributed by atoms with Crippen LogP contribution in [0.3, 0.4) is 0 Å². The zero-order chi connectivity index (χ0) is 10.6. The fourth-order valence-corrected chi connectivity index (χ4v) is 1.50. The Kier molecular flexibility index (Phi) is 3.90. The maximum absolute atomic E-state index is 12.0. The fourth-order valence-electron chi connectivity index (χ4n) is 1.00. The van der Waals surface area contributed by atoms with Crippen LogP contribution in [0, 0.1) is 6.57 Å². The molecule has 0 aromatic heterocycles. The molecule has 0 aliphatic carbocycles. The number of rotatable bonds is 3. The van der Waals surface area contributed by atoms with Crippen molar-refractivity contribution in [3.05, 3.63) is 41.2 Å². The van der Waals surface area contributed by atoms with Crippen LogP contribution in [-0.4, -0.2) is 5.76 Å². The van der Waals surface area contributed by atoms with Crippen LogP contribution in [0.2, 0.25) is 0 Å². The predicted octanol–water partition coefficient (Wildman–Crippen LogP) is 3.98. The summed E-state index contributed by atoms with van der Waals surface area (Å²) in [6.45, 7) is 8.59. The van der Waals surface area contributed by atoms with Crippen LogP contribution in [0.5, 0.6) is 0 Å². The molecule has 0 N–H and O–H groups in total. The lowest BCUT2D eigenvalue weighted by atomic mass is 10.1. The first-order chi connectivity index (χ1) is 6.63. The third kappa shape index (κ3) is 3.00. The molecule has 1 rings (SSSR count). The molecule has 1 aromatic carbocycles. The first-order valence-electron chi connectivity index (χ1n) is 4.05. The highest BCUT2D eigenvalue weighted by Gasteiger charge is 2.09. The van der Waals surface area contributed by atoms with E-state index in [9.17, 15) is 8.78 Å². The van der Waals surface area contributed by atoms with Crippen LogP contribution in [0.15, 0.2) is 29.2 Å². The minimum absolute atomic E-state index is 0.208. The lowest BCUT2D eigenvalue weighted by Gasteiger charge is -2.02. The topological polar surface area (TPSA) is 4.36 Å². The van der Waals surface area contributed by atoms with Gasteiger partial charge in [0.2, 0.25) is 6.04 Å². The largest absolute Gasteiger partial charge is 0.309 e. The number of nitrogens with zero attached hydrogens (tertiary/aromatic N) is 1. The van der Waals surface area contributed by atoms with Gasteiger partial charge in [0.15, 0.2) is 0 Å². The van der Waals surface area contributed by atoms with E-state index in [0.29, 0.717) is 16.7 Å². The van der Waals surface area contributed by atoms with Gasteiger partial charge in [0.05, 0.1) is 0 Å². The summed E-state index contributed by atoms with van der Waals surface area (Å²) in [6, 6.07) is 6.46. The number of halogens is 2. The molecule has 0 bridgehead atoms. The maximum atomic E-state index is 12.0. The summed E-state index contributed by atoms with van der Waals surface area (Å²) in [4.78, 5) is 3.87. The molecule has 0 radical (unpaired) electrons. The molecule has 0 spiro atoms. The van der Waals surface area contributed by atoms with Crippen LogP contribution in [0.1, 0.15) is 18.5 Å². The minimum Gasteiger partial charge on any atom is -0.309 e. The molecular formula is C10H9F2NS. The molecule has 1 nitrogen and oxygen atoms in total. The molecule has 74 valence electrons. The zero-order valence-corrected chi connectivity index (χ0v) is 8.39. The number of benzene rings is 1. The number of hydrogen-bond acceptors (Lipinski definition) is 1. The summed E-state index contributed by atoms with van der Waals surface area (Å²) in [6.07, 6.45) is 0. The van der Waals surface area contributed by atoms with Crippen molar-refractivity contribution in [1.82, 2.24) is 0 Å². The van der Waals surface area contributed by atoms with Gasteiger partial charge in [-0.3, -0.25) is 0 Å². The molecule has 0 saturated carbocycles. The van der Waals surface area contributed by atoms with E-state index in [0.717, 1.165) is 5.56 Å². The summed E-state index contributed by atoms with van der Waals surface area (Å²) in [5.41, 5.74) is 0.860. The van der Waals surface area contributed by atoms with Gasteiger partial charge in [-0.05, 0) is 12.1 Å². The second-order valence-electron chi connectivity index (χ2n) is 2.75. The molecule has 1 unspecified atom stereocenters. The molecule has 0 fully saturated rings. The molecule has 0 aliphatic heterocycles. The van der Waals surface area contributed by atoms with Crippen molar-refractivity contribution in [2.45, 2.75) is 23.6 Å². The second kappa shape index (κ2) is 4.97. The quantitative estimate of drug-likeness (QED) is 0.542. The average molecular weight is 213 g/mol. The van der Waals surface area contributed by atoms with Crippen LogP contribution in [0.25, 0.3) is 4.85 Å². The monoisotopic (exact) mass is 213 g/mol. The van der Waals surface area contributed by atoms with E-state index >= 15 is 0 Å². The molecule has 0 saturated heterocycles. The van der Waals surface area contributed by atoms with Crippen molar-refractivity contribution < 1.29 is 8.78 Å². The third-order valence-electron chi connectivity index (χ3n) is 1.78. The molecule has 0 heterocycles. The van der Waals surface area contributed by atoms with Crippen molar-refractivity contribution in [1.29, 1.82) is 0 Å². The molecule has 14 heavy (non-hydrogen) atoms. The van der Waals surface area contributed by atoms with Crippen molar-refractivity contribution in [3.63, 3.8) is 0 Å². The Labute approximate surface area is 85.9 Å². The molecular weight excluding hydrogens is 204 g/mol. The summed E-state index contributed by atoms with van der Waals surface area (Å²) in [5, 5.41) is 0. The van der Waals surface area contributed by atoms with E-state index in [1.165, 1.54) is 0 Å². The Morgan fingerprint density at radius 1 is 1.29 bits per heavy atom. The number of alkyl halides is 2. The van der Waals surface area contributed by atoms with Crippen molar-refractivity contribution in [3.8, 4) is 0 Å². The van der Waals surface area contributed by atoms with Gasteiger partial charge < -0.3 is 4.85 Å². The van der Waals surface area contributed by atoms with Crippen molar-refractivity contribution in [2.24, 2.45) is 0 Å². The minimum atomic E-state index is -2.39. The van der Waals surface area contributed by atoms with Gasteiger partial charge in [-0.1, -0.05) is 23.9 Å². The second-order valence-corrected chi connectivity index (χ2v) is 3.82. The van der Waals surface area contributed by atoms with Gasteiger partial charge in [0.1, 0.15) is 0 Å². The lowest BCUT2D eigenvalue weighted by Crippen LogP contribution is -1.87.